The smallest absolute Gasteiger partial charge is 0.0827 e. The summed E-state index contributed by atoms with van der Waals surface area (Å²) in [6.45, 7) is 6.67. The van der Waals surface area contributed by atoms with E-state index in [2.05, 4.69) is 23.4 Å². The fourth-order valence-corrected chi connectivity index (χ4v) is 2.46. The van der Waals surface area contributed by atoms with E-state index in [4.69, 9.17) is 0 Å². The number of hydrogen-bond acceptors (Lipinski definition) is 3. The number of β-amino-alcohol motifs (C(OH)–C–C–N with tert-alkyl or cyclic N) is 1. The molecule has 90 valence electrons. The molecule has 1 aliphatic rings. The van der Waals surface area contributed by atoms with Crippen LogP contribution in [0.25, 0.3) is 0 Å². The third-order valence-corrected chi connectivity index (χ3v) is 3.24. The lowest BCUT2D eigenvalue weighted by Gasteiger charge is -2.32. The second-order valence-corrected chi connectivity index (χ2v) is 4.77. The molecule has 16 heavy (non-hydrogen) atoms. The average molecular weight is 223 g/mol. The molecule has 1 aliphatic heterocycles. The monoisotopic (exact) mass is 223 g/mol. The molecule has 2 N–H and O–H groups in total. The summed E-state index contributed by atoms with van der Waals surface area (Å²) in [5.41, 5.74) is 1.59. The van der Waals surface area contributed by atoms with Crippen LogP contribution in [0.5, 0.6) is 0 Å². The van der Waals surface area contributed by atoms with Crippen LogP contribution in [0.3, 0.4) is 0 Å². The number of aromatic nitrogens is 2. The number of aryl methyl sites for hydroxylation is 2. The minimum atomic E-state index is -0.586. The van der Waals surface area contributed by atoms with E-state index < -0.39 is 5.60 Å². The van der Waals surface area contributed by atoms with Crippen molar-refractivity contribution in [3.05, 3.63) is 17.5 Å². The van der Waals surface area contributed by atoms with Gasteiger partial charge in [0, 0.05) is 25.2 Å². The summed E-state index contributed by atoms with van der Waals surface area (Å²) in [7, 11) is 0. The van der Waals surface area contributed by atoms with E-state index in [-0.39, 0.29) is 0 Å². The van der Waals surface area contributed by atoms with Gasteiger partial charge in [0.05, 0.1) is 11.3 Å². The van der Waals surface area contributed by atoms with Crippen LogP contribution in [0, 0.1) is 6.92 Å². The maximum absolute atomic E-state index is 10.5. The van der Waals surface area contributed by atoms with Gasteiger partial charge < -0.3 is 10.4 Å². The van der Waals surface area contributed by atoms with Crippen molar-refractivity contribution >= 4 is 0 Å². The van der Waals surface area contributed by atoms with Crippen LogP contribution < -0.4 is 5.32 Å². The lowest BCUT2D eigenvalue weighted by atomic mass is 9.89. The molecule has 4 heteroatoms. The van der Waals surface area contributed by atoms with Crippen molar-refractivity contribution in [2.24, 2.45) is 0 Å². The van der Waals surface area contributed by atoms with E-state index in [1.54, 1.807) is 0 Å². The van der Waals surface area contributed by atoms with Crippen LogP contribution in [0.15, 0.2) is 6.07 Å². The minimum absolute atomic E-state index is 0.586. The Morgan fingerprint density at radius 2 is 2.44 bits per heavy atom. The van der Waals surface area contributed by atoms with Gasteiger partial charge in [0.15, 0.2) is 0 Å². The number of nitrogens with one attached hydrogen (secondary N) is 1. The molecule has 1 aromatic rings. The summed E-state index contributed by atoms with van der Waals surface area (Å²) in [5.74, 6) is 0. The Morgan fingerprint density at radius 1 is 1.62 bits per heavy atom. The van der Waals surface area contributed by atoms with E-state index in [1.807, 2.05) is 11.6 Å². The van der Waals surface area contributed by atoms with E-state index in [0.29, 0.717) is 13.0 Å². The summed E-state index contributed by atoms with van der Waals surface area (Å²) in [6, 6.07) is 2.08. The van der Waals surface area contributed by atoms with Gasteiger partial charge in [-0.2, -0.15) is 5.10 Å². The Morgan fingerprint density at radius 3 is 3.06 bits per heavy atom. The maximum Gasteiger partial charge on any atom is 0.0827 e. The second kappa shape index (κ2) is 4.55. The first kappa shape index (κ1) is 11.6. The quantitative estimate of drug-likeness (QED) is 0.799. The van der Waals surface area contributed by atoms with Gasteiger partial charge in [-0.05, 0) is 39.3 Å². The normalized spacial score (nSPS) is 25.9. The first-order chi connectivity index (χ1) is 7.63. The number of aliphatic hydroxyl groups is 1. The highest BCUT2D eigenvalue weighted by atomic mass is 16.3. The zero-order valence-corrected chi connectivity index (χ0v) is 10.2. The highest BCUT2D eigenvalue weighted by Crippen LogP contribution is 2.21. The van der Waals surface area contributed by atoms with E-state index in [0.717, 1.165) is 37.3 Å². The van der Waals surface area contributed by atoms with Crippen LogP contribution in [-0.2, 0) is 13.0 Å². The second-order valence-electron chi connectivity index (χ2n) is 4.77. The summed E-state index contributed by atoms with van der Waals surface area (Å²) in [5, 5.41) is 18.1. The largest absolute Gasteiger partial charge is 0.388 e. The molecule has 0 spiro atoms. The molecule has 1 fully saturated rings. The molecule has 0 saturated carbocycles. The van der Waals surface area contributed by atoms with Crippen LogP contribution in [0.2, 0.25) is 0 Å². The van der Waals surface area contributed by atoms with Gasteiger partial charge in [-0.3, -0.25) is 4.68 Å². The van der Waals surface area contributed by atoms with Crippen LogP contribution >= 0.6 is 0 Å². The molecule has 1 aromatic heterocycles. The first-order valence-corrected chi connectivity index (χ1v) is 6.09. The molecule has 1 saturated heterocycles. The molecule has 2 rings (SSSR count). The molecule has 0 radical (unpaired) electrons. The lowest BCUT2D eigenvalue weighted by Crippen LogP contribution is -2.47. The number of hydrogen-bond donors (Lipinski definition) is 2. The average Bonchev–Trinajstić information content (AvgIpc) is 2.59. The number of piperidine rings is 1. The predicted molar refractivity (Wildman–Crippen MR) is 63.4 cm³/mol. The van der Waals surface area contributed by atoms with Crippen molar-refractivity contribution in [3.63, 3.8) is 0 Å². The minimum Gasteiger partial charge on any atom is -0.388 e. The predicted octanol–water partition coefficient (Wildman–Crippen LogP) is 0.868. The molecule has 4 nitrogen and oxygen atoms in total. The topological polar surface area (TPSA) is 50.1 Å². The third kappa shape index (κ3) is 2.44. The molecule has 0 bridgehead atoms. The third-order valence-electron chi connectivity index (χ3n) is 3.24. The number of nitrogens with zero attached hydrogens (tertiary/aromatic N) is 2. The summed E-state index contributed by atoms with van der Waals surface area (Å²) >= 11 is 0. The zero-order chi connectivity index (χ0) is 11.6. The van der Waals surface area contributed by atoms with Gasteiger partial charge in [0.2, 0.25) is 0 Å². The first-order valence-electron chi connectivity index (χ1n) is 6.09. The standard InChI is InChI=1S/C12H21N3O/c1-3-15-11(7-10(2)14-15)8-12(16)5-4-6-13-9-12/h7,13,16H,3-6,8-9H2,1-2H3. The highest BCUT2D eigenvalue weighted by Gasteiger charge is 2.30. The van der Waals surface area contributed by atoms with Crippen LogP contribution in [0.1, 0.15) is 31.2 Å². The molecule has 0 amide bonds. The lowest BCUT2D eigenvalue weighted by molar-refractivity contribution is 0.0152. The van der Waals surface area contributed by atoms with Crippen LogP contribution in [-0.4, -0.2) is 33.6 Å². The van der Waals surface area contributed by atoms with Crippen molar-refractivity contribution in [2.75, 3.05) is 13.1 Å². The molecular weight excluding hydrogens is 202 g/mol. The van der Waals surface area contributed by atoms with Gasteiger partial charge in [0.1, 0.15) is 0 Å². The Balaban J connectivity index is 2.12. The fraction of sp³-hybridized carbons (Fsp3) is 0.750. The Bertz CT molecular complexity index is 353. The zero-order valence-electron chi connectivity index (χ0n) is 10.2. The van der Waals surface area contributed by atoms with Crippen LogP contribution in [0.4, 0.5) is 0 Å². The van der Waals surface area contributed by atoms with Gasteiger partial charge >= 0.3 is 0 Å². The summed E-state index contributed by atoms with van der Waals surface area (Å²) in [6.07, 6.45) is 2.64. The highest BCUT2D eigenvalue weighted by molar-refractivity contribution is 5.12. The molecule has 2 heterocycles. The molecule has 0 aromatic carbocycles. The summed E-state index contributed by atoms with van der Waals surface area (Å²) in [4.78, 5) is 0. The SMILES string of the molecule is CCn1nc(C)cc1CC1(O)CCCNC1. The molecule has 0 aliphatic carbocycles. The van der Waals surface area contributed by atoms with Gasteiger partial charge in [-0.25, -0.2) is 0 Å². The van der Waals surface area contributed by atoms with Gasteiger partial charge in [0.25, 0.3) is 0 Å². The van der Waals surface area contributed by atoms with Crippen molar-refractivity contribution in [2.45, 2.75) is 45.3 Å². The summed E-state index contributed by atoms with van der Waals surface area (Å²) < 4.78 is 1.99. The van der Waals surface area contributed by atoms with Crippen molar-refractivity contribution < 1.29 is 5.11 Å². The van der Waals surface area contributed by atoms with Crippen molar-refractivity contribution in [1.82, 2.24) is 15.1 Å². The van der Waals surface area contributed by atoms with E-state index >= 15 is 0 Å². The Labute approximate surface area is 96.7 Å². The van der Waals surface area contributed by atoms with Gasteiger partial charge in [-0.15, -0.1) is 0 Å². The molecule has 1 unspecified atom stereocenters. The fourth-order valence-electron chi connectivity index (χ4n) is 2.46. The number of rotatable bonds is 3. The van der Waals surface area contributed by atoms with Gasteiger partial charge in [-0.1, -0.05) is 0 Å². The Hall–Kier alpha value is -0.870. The van der Waals surface area contributed by atoms with E-state index in [1.165, 1.54) is 0 Å². The van der Waals surface area contributed by atoms with Crippen molar-refractivity contribution in [1.29, 1.82) is 0 Å². The maximum atomic E-state index is 10.5. The Kier molecular flexibility index (Phi) is 3.30. The molecule has 1 atom stereocenters. The molecular formula is C12H21N3O. The van der Waals surface area contributed by atoms with E-state index in [9.17, 15) is 5.11 Å². The van der Waals surface area contributed by atoms with Crippen molar-refractivity contribution in [3.8, 4) is 0 Å².